The molecule has 1 aliphatic heterocycles. The Morgan fingerprint density at radius 3 is 2.35 bits per heavy atom. The number of epoxide rings is 1. The van der Waals surface area contributed by atoms with E-state index in [1.807, 2.05) is 0 Å². The first kappa shape index (κ1) is 24.9. The van der Waals surface area contributed by atoms with Gasteiger partial charge in [-0.1, -0.05) is 88.9 Å². The third kappa shape index (κ3) is 4.67. The second kappa shape index (κ2) is 8.56. The standard InChI is InChI=1S/C26H44O3Si2/c1-19-17-23(29-31(8,9)25(3,4)5)22(24-26(19,28-24)20(2)18-27)15-16-30(6,7)21-13-11-10-12-14-21/h10-14,20,22-24,27H,1,15-18H2,2-9H3/t20-,22+,23+,24+,26+/m0/s1. The first-order valence-electron chi connectivity index (χ1n) is 12.0. The number of benzene rings is 1. The molecule has 3 nitrogen and oxygen atoms in total. The summed E-state index contributed by atoms with van der Waals surface area (Å²) in [5.74, 6) is 0.449. The van der Waals surface area contributed by atoms with E-state index in [1.54, 1.807) is 0 Å². The van der Waals surface area contributed by atoms with E-state index in [0.29, 0.717) is 5.92 Å². The summed E-state index contributed by atoms with van der Waals surface area (Å²) in [6, 6.07) is 12.2. The second-order valence-corrected chi connectivity index (χ2v) is 21.7. The Bertz CT molecular complexity index is 784. The van der Waals surface area contributed by atoms with Crippen molar-refractivity contribution in [3.8, 4) is 0 Å². The maximum absolute atomic E-state index is 9.91. The molecule has 1 saturated heterocycles. The van der Waals surface area contributed by atoms with Crippen molar-refractivity contribution >= 4 is 21.6 Å². The molecule has 1 heterocycles. The molecule has 2 aliphatic rings. The molecule has 1 aromatic rings. The molecule has 1 saturated carbocycles. The lowest BCUT2D eigenvalue weighted by Crippen LogP contribution is -2.51. The van der Waals surface area contributed by atoms with Gasteiger partial charge < -0.3 is 14.3 Å². The molecule has 5 heteroatoms. The highest BCUT2D eigenvalue weighted by Gasteiger charge is 2.68. The van der Waals surface area contributed by atoms with Crippen LogP contribution in [0.5, 0.6) is 0 Å². The van der Waals surface area contributed by atoms with Crippen LogP contribution in [-0.2, 0) is 9.16 Å². The van der Waals surface area contributed by atoms with Gasteiger partial charge in [0.15, 0.2) is 8.32 Å². The average molecular weight is 461 g/mol. The van der Waals surface area contributed by atoms with Crippen molar-refractivity contribution in [2.75, 3.05) is 6.61 Å². The van der Waals surface area contributed by atoms with Crippen molar-refractivity contribution in [1.82, 2.24) is 0 Å². The number of aliphatic hydroxyl groups excluding tert-OH is 1. The fourth-order valence-corrected chi connectivity index (χ4v) is 8.89. The van der Waals surface area contributed by atoms with Crippen LogP contribution in [0.2, 0.25) is 37.3 Å². The van der Waals surface area contributed by atoms with Crippen LogP contribution in [0.3, 0.4) is 0 Å². The fraction of sp³-hybridized carbons (Fsp3) is 0.692. The van der Waals surface area contributed by atoms with Crippen molar-refractivity contribution in [2.24, 2.45) is 11.8 Å². The highest BCUT2D eigenvalue weighted by molar-refractivity contribution is 6.89. The predicted molar refractivity (Wildman–Crippen MR) is 136 cm³/mol. The number of hydrogen-bond acceptors (Lipinski definition) is 3. The summed E-state index contributed by atoms with van der Waals surface area (Å²) in [7, 11) is -3.46. The Kier molecular flexibility index (Phi) is 6.88. The van der Waals surface area contributed by atoms with E-state index in [9.17, 15) is 5.11 Å². The Morgan fingerprint density at radius 2 is 1.81 bits per heavy atom. The summed E-state index contributed by atoms with van der Waals surface area (Å²) < 4.78 is 13.4. The summed E-state index contributed by atoms with van der Waals surface area (Å²) in [6.07, 6.45) is 2.27. The molecule has 1 N–H and O–H groups in total. The van der Waals surface area contributed by atoms with Crippen LogP contribution in [0.15, 0.2) is 42.5 Å². The molecule has 5 atom stereocenters. The van der Waals surface area contributed by atoms with Crippen molar-refractivity contribution in [3.05, 3.63) is 42.5 Å². The van der Waals surface area contributed by atoms with Gasteiger partial charge in [-0.05, 0) is 36.5 Å². The SMILES string of the molecule is C=C1C[C@@H](O[Si](C)(C)C(C)(C)C)[C@@H](CC[Si](C)(C)c2ccccc2)[C@H]2O[C@@]12[C@@H](C)CO. The van der Waals surface area contributed by atoms with Gasteiger partial charge in [-0.3, -0.25) is 0 Å². The molecule has 0 radical (unpaired) electrons. The van der Waals surface area contributed by atoms with Crippen LogP contribution in [-0.4, -0.2) is 45.9 Å². The Labute approximate surface area is 192 Å². The minimum Gasteiger partial charge on any atom is -0.413 e. The zero-order chi connectivity index (χ0) is 23.2. The lowest BCUT2D eigenvalue weighted by molar-refractivity contribution is 0.0871. The molecule has 0 unspecified atom stereocenters. The van der Waals surface area contributed by atoms with E-state index in [2.05, 4.69) is 90.8 Å². The summed E-state index contributed by atoms with van der Waals surface area (Å²) in [4.78, 5) is 0. The minimum absolute atomic E-state index is 0.0840. The van der Waals surface area contributed by atoms with Gasteiger partial charge in [0.05, 0.1) is 20.3 Å². The molecule has 2 fully saturated rings. The minimum atomic E-state index is -1.91. The van der Waals surface area contributed by atoms with Crippen molar-refractivity contribution in [3.63, 3.8) is 0 Å². The number of fused-ring (bicyclic) bond motifs is 1. The molecular weight excluding hydrogens is 416 g/mol. The average Bonchev–Trinajstić information content (AvgIpc) is 3.44. The predicted octanol–water partition coefficient (Wildman–Crippen LogP) is 5.72. The molecular formula is C26H44O3Si2. The number of hydrogen-bond donors (Lipinski definition) is 1. The quantitative estimate of drug-likeness (QED) is 0.306. The first-order chi connectivity index (χ1) is 14.3. The summed E-state index contributed by atoms with van der Waals surface area (Å²) in [5, 5.41) is 11.6. The number of rotatable bonds is 8. The summed E-state index contributed by atoms with van der Waals surface area (Å²) in [5.41, 5.74) is 0.782. The monoisotopic (exact) mass is 460 g/mol. The molecule has 0 amide bonds. The van der Waals surface area contributed by atoms with Crippen LogP contribution in [0, 0.1) is 11.8 Å². The van der Waals surface area contributed by atoms with E-state index in [0.717, 1.165) is 18.4 Å². The van der Waals surface area contributed by atoms with E-state index in [4.69, 9.17) is 9.16 Å². The summed E-state index contributed by atoms with van der Waals surface area (Å²) >= 11 is 0. The highest BCUT2D eigenvalue weighted by Crippen LogP contribution is 2.59. The lowest BCUT2D eigenvalue weighted by atomic mass is 9.71. The third-order valence-corrected chi connectivity index (χ3v) is 16.4. The Morgan fingerprint density at radius 1 is 1.19 bits per heavy atom. The topological polar surface area (TPSA) is 42.0 Å². The zero-order valence-corrected chi connectivity index (χ0v) is 23.0. The van der Waals surface area contributed by atoms with E-state index in [-0.39, 0.29) is 35.4 Å². The van der Waals surface area contributed by atoms with Crippen LogP contribution >= 0.6 is 0 Å². The van der Waals surface area contributed by atoms with E-state index < -0.39 is 16.4 Å². The maximum atomic E-state index is 9.91. The zero-order valence-electron chi connectivity index (χ0n) is 21.0. The highest BCUT2D eigenvalue weighted by atomic mass is 28.4. The number of ether oxygens (including phenoxy) is 1. The first-order valence-corrected chi connectivity index (χ1v) is 18.1. The normalized spacial score (nSPS) is 30.1. The van der Waals surface area contributed by atoms with Crippen molar-refractivity contribution in [1.29, 1.82) is 0 Å². The van der Waals surface area contributed by atoms with Crippen LogP contribution in [0.4, 0.5) is 0 Å². The summed E-state index contributed by atoms with van der Waals surface area (Å²) in [6.45, 7) is 23.2. The smallest absolute Gasteiger partial charge is 0.192 e. The van der Waals surface area contributed by atoms with E-state index >= 15 is 0 Å². The molecule has 0 aromatic heterocycles. The van der Waals surface area contributed by atoms with Crippen LogP contribution in [0.1, 0.15) is 40.5 Å². The molecule has 0 spiro atoms. The third-order valence-electron chi connectivity index (χ3n) is 8.47. The van der Waals surface area contributed by atoms with Crippen molar-refractivity contribution in [2.45, 2.75) is 95.6 Å². The van der Waals surface area contributed by atoms with Crippen LogP contribution < -0.4 is 5.19 Å². The molecule has 31 heavy (non-hydrogen) atoms. The maximum Gasteiger partial charge on any atom is 0.192 e. The molecule has 0 bridgehead atoms. The van der Waals surface area contributed by atoms with Gasteiger partial charge in [0, 0.05) is 18.4 Å². The molecule has 1 aromatic carbocycles. The van der Waals surface area contributed by atoms with Gasteiger partial charge in [0.1, 0.15) is 5.60 Å². The van der Waals surface area contributed by atoms with Gasteiger partial charge in [-0.15, -0.1) is 0 Å². The molecule has 3 rings (SSSR count). The van der Waals surface area contributed by atoms with Crippen LogP contribution in [0.25, 0.3) is 0 Å². The van der Waals surface area contributed by atoms with Crippen molar-refractivity contribution < 1.29 is 14.3 Å². The Balaban J connectivity index is 1.84. The molecule has 1 aliphatic carbocycles. The van der Waals surface area contributed by atoms with Gasteiger partial charge in [0.2, 0.25) is 0 Å². The van der Waals surface area contributed by atoms with E-state index in [1.165, 1.54) is 11.2 Å². The van der Waals surface area contributed by atoms with Gasteiger partial charge in [-0.25, -0.2) is 0 Å². The fourth-order valence-electron chi connectivity index (χ4n) is 5.08. The van der Waals surface area contributed by atoms with Gasteiger partial charge >= 0.3 is 0 Å². The van der Waals surface area contributed by atoms with Gasteiger partial charge in [0.25, 0.3) is 0 Å². The second-order valence-electron chi connectivity index (χ2n) is 12.1. The Hall–Kier alpha value is -0.726. The largest absolute Gasteiger partial charge is 0.413 e. The van der Waals surface area contributed by atoms with Gasteiger partial charge in [-0.2, -0.15) is 0 Å². The lowest BCUT2D eigenvalue weighted by Gasteiger charge is -2.44. The molecule has 174 valence electrons. The number of aliphatic hydroxyl groups is 1.